The Morgan fingerprint density at radius 1 is 1.22 bits per heavy atom. The lowest BCUT2D eigenvalue weighted by molar-refractivity contribution is 0.238. The van der Waals surface area contributed by atoms with Crippen molar-refractivity contribution in [2.45, 2.75) is 39.3 Å². The van der Waals surface area contributed by atoms with Gasteiger partial charge in [0.1, 0.15) is 5.75 Å². The first kappa shape index (κ1) is 15.4. The van der Waals surface area contributed by atoms with Gasteiger partial charge in [-0.05, 0) is 51.8 Å². The van der Waals surface area contributed by atoms with E-state index in [0.717, 1.165) is 12.3 Å². The molecule has 1 atom stereocenters. The van der Waals surface area contributed by atoms with Crippen LogP contribution in [0.25, 0.3) is 0 Å². The maximum absolute atomic E-state index is 5.85. The molecule has 0 bridgehead atoms. The highest BCUT2D eigenvalue weighted by Crippen LogP contribution is 2.25. The molecular formula is C15H25NOS. The van der Waals surface area contributed by atoms with Crippen LogP contribution in [0.5, 0.6) is 5.75 Å². The van der Waals surface area contributed by atoms with E-state index >= 15 is 0 Å². The van der Waals surface area contributed by atoms with Gasteiger partial charge in [-0.1, -0.05) is 18.2 Å². The molecule has 2 nitrogen and oxygen atoms in total. The third kappa shape index (κ3) is 5.32. The summed E-state index contributed by atoms with van der Waals surface area (Å²) in [7, 11) is 0. The molecule has 18 heavy (non-hydrogen) atoms. The Morgan fingerprint density at radius 3 is 2.61 bits per heavy atom. The molecule has 0 aliphatic rings. The van der Waals surface area contributed by atoms with Gasteiger partial charge in [0.15, 0.2) is 0 Å². The van der Waals surface area contributed by atoms with Crippen molar-refractivity contribution < 1.29 is 4.74 Å². The summed E-state index contributed by atoms with van der Waals surface area (Å²) in [6, 6.07) is 8.63. The second kappa shape index (κ2) is 8.44. The van der Waals surface area contributed by atoms with Gasteiger partial charge in [-0.2, -0.15) is 11.8 Å². The van der Waals surface area contributed by atoms with E-state index in [1.165, 1.54) is 17.7 Å². The normalized spacial score (nSPS) is 12.7. The molecule has 1 unspecified atom stereocenters. The molecule has 0 spiro atoms. The van der Waals surface area contributed by atoms with Gasteiger partial charge in [0, 0.05) is 11.6 Å². The summed E-state index contributed by atoms with van der Waals surface area (Å²) in [5, 5.41) is 3.55. The Bertz CT molecular complexity index is 341. The molecule has 0 amide bonds. The van der Waals surface area contributed by atoms with Gasteiger partial charge in [0.25, 0.3) is 0 Å². The molecular weight excluding hydrogens is 242 g/mol. The first-order valence-corrected chi connectivity index (χ1v) is 8.02. The lowest BCUT2D eigenvalue weighted by atomic mass is 10.1. The van der Waals surface area contributed by atoms with E-state index in [0.29, 0.717) is 6.04 Å². The third-order valence-electron chi connectivity index (χ3n) is 2.72. The molecule has 0 saturated heterocycles. The van der Waals surface area contributed by atoms with Crippen LogP contribution in [0, 0.1) is 0 Å². The Morgan fingerprint density at radius 2 is 1.94 bits per heavy atom. The van der Waals surface area contributed by atoms with E-state index in [9.17, 15) is 0 Å². The first-order chi connectivity index (χ1) is 8.65. The Labute approximate surface area is 116 Å². The average molecular weight is 267 g/mol. The zero-order chi connectivity index (χ0) is 13.4. The number of rotatable bonds is 8. The highest BCUT2D eigenvalue weighted by Gasteiger charge is 2.11. The Hall–Kier alpha value is -0.670. The summed E-state index contributed by atoms with van der Waals surface area (Å²) in [6.45, 7) is 7.38. The van der Waals surface area contributed by atoms with Gasteiger partial charge < -0.3 is 10.1 Å². The predicted molar refractivity (Wildman–Crippen MR) is 81.6 cm³/mol. The summed E-state index contributed by atoms with van der Waals surface area (Å²) < 4.78 is 5.85. The highest BCUT2D eigenvalue weighted by atomic mass is 32.2. The van der Waals surface area contributed by atoms with Crippen molar-refractivity contribution in [2.24, 2.45) is 0 Å². The molecule has 0 fully saturated rings. The first-order valence-electron chi connectivity index (χ1n) is 6.63. The minimum Gasteiger partial charge on any atom is -0.491 e. The van der Waals surface area contributed by atoms with Crippen molar-refractivity contribution >= 4 is 11.8 Å². The summed E-state index contributed by atoms with van der Waals surface area (Å²) in [5.74, 6) is 2.21. The van der Waals surface area contributed by atoms with Crippen LogP contribution in [0.15, 0.2) is 24.3 Å². The van der Waals surface area contributed by atoms with E-state index in [1.54, 1.807) is 0 Å². The van der Waals surface area contributed by atoms with Crippen LogP contribution >= 0.6 is 11.8 Å². The number of hydrogen-bond donors (Lipinski definition) is 1. The van der Waals surface area contributed by atoms with Crippen molar-refractivity contribution in [1.82, 2.24) is 5.32 Å². The van der Waals surface area contributed by atoms with Crippen molar-refractivity contribution in [3.8, 4) is 5.75 Å². The number of para-hydroxylation sites is 1. The maximum Gasteiger partial charge on any atom is 0.124 e. The standard InChI is InChI=1S/C15H25NOS/c1-12(2)17-15-9-6-5-8-14(15)13(3)16-10-7-11-18-4/h5-6,8-9,12-13,16H,7,10-11H2,1-4H3. The van der Waals surface area contributed by atoms with Crippen LogP contribution < -0.4 is 10.1 Å². The van der Waals surface area contributed by atoms with Crippen LogP contribution in [0.4, 0.5) is 0 Å². The van der Waals surface area contributed by atoms with Crippen LogP contribution in [0.2, 0.25) is 0 Å². The Kier molecular flexibility index (Phi) is 7.21. The second-order valence-electron chi connectivity index (χ2n) is 4.73. The Balaban J connectivity index is 2.57. The van der Waals surface area contributed by atoms with E-state index in [2.05, 4.69) is 50.5 Å². The summed E-state index contributed by atoms with van der Waals surface area (Å²) in [5.41, 5.74) is 1.25. The molecule has 0 heterocycles. The molecule has 0 saturated carbocycles. The van der Waals surface area contributed by atoms with Crippen molar-refractivity contribution in [3.63, 3.8) is 0 Å². The van der Waals surface area contributed by atoms with Gasteiger partial charge in [-0.3, -0.25) is 0 Å². The second-order valence-corrected chi connectivity index (χ2v) is 5.71. The van der Waals surface area contributed by atoms with E-state index in [-0.39, 0.29) is 6.10 Å². The molecule has 1 rings (SSSR count). The summed E-state index contributed by atoms with van der Waals surface area (Å²) in [4.78, 5) is 0. The molecule has 0 aromatic heterocycles. The summed E-state index contributed by atoms with van der Waals surface area (Å²) in [6.07, 6.45) is 3.57. The van der Waals surface area contributed by atoms with Crippen molar-refractivity contribution in [3.05, 3.63) is 29.8 Å². The fraction of sp³-hybridized carbons (Fsp3) is 0.600. The average Bonchev–Trinajstić information content (AvgIpc) is 2.34. The zero-order valence-electron chi connectivity index (χ0n) is 11.9. The minimum absolute atomic E-state index is 0.217. The third-order valence-corrected chi connectivity index (χ3v) is 3.42. The molecule has 0 aliphatic carbocycles. The van der Waals surface area contributed by atoms with Crippen LogP contribution in [0.3, 0.4) is 0 Å². The lowest BCUT2D eigenvalue weighted by Crippen LogP contribution is -2.21. The molecule has 102 valence electrons. The van der Waals surface area contributed by atoms with Gasteiger partial charge in [-0.15, -0.1) is 0 Å². The van der Waals surface area contributed by atoms with Crippen LogP contribution in [-0.2, 0) is 0 Å². The van der Waals surface area contributed by atoms with Crippen LogP contribution in [-0.4, -0.2) is 24.7 Å². The smallest absolute Gasteiger partial charge is 0.124 e. The van der Waals surface area contributed by atoms with Crippen LogP contribution in [0.1, 0.15) is 38.8 Å². The fourth-order valence-corrected chi connectivity index (χ4v) is 2.28. The number of nitrogens with one attached hydrogen (secondary N) is 1. The predicted octanol–water partition coefficient (Wildman–Crippen LogP) is 3.88. The minimum atomic E-state index is 0.217. The fourth-order valence-electron chi connectivity index (χ4n) is 1.84. The topological polar surface area (TPSA) is 21.3 Å². The number of ether oxygens (including phenoxy) is 1. The molecule has 1 aromatic carbocycles. The molecule has 1 aromatic rings. The van der Waals surface area contributed by atoms with Crippen molar-refractivity contribution in [1.29, 1.82) is 0 Å². The number of hydrogen-bond acceptors (Lipinski definition) is 3. The van der Waals surface area contributed by atoms with Gasteiger partial charge >= 0.3 is 0 Å². The molecule has 1 N–H and O–H groups in total. The monoisotopic (exact) mass is 267 g/mol. The molecule has 0 radical (unpaired) electrons. The van der Waals surface area contributed by atoms with Crippen molar-refractivity contribution in [2.75, 3.05) is 18.6 Å². The zero-order valence-corrected chi connectivity index (χ0v) is 12.7. The highest BCUT2D eigenvalue weighted by molar-refractivity contribution is 7.98. The summed E-state index contributed by atoms with van der Waals surface area (Å²) >= 11 is 1.90. The molecule has 3 heteroatoms. The number of thioether (sulfide) groups is 1. The maximum atomic E-state index is 5.85. The van der Waals surface area contributed by atoms with Gasteiger partial charge in [-0.25, -0.2) is 0 Å². The van der Waals surface area contributed by atoms with Gasteiger partial charge in [0.2, 0.25) is 0 Å². The largest absolute Gasteiger partial charge is 0.491 e. The molecule has 0 aliphatic heterocycles. The van der Waals surface area contributed by atoms with Gasteiger partial charge in [0.05, 0.1) is 6.10 Å². The van der Waals surface area contributed by atoms with E-state index in [4.69, 9.17) is 4.74 Å². The quantitative estimate of drug-likeness (QED) is 0.722. The lowest BCUT2D eigenvalue weighted by Gasteiger charge is -2.19. The van der Waals surface area contributed by atoms with E-state index in [1.807, 2.05) is 17.8 Å². The number of benzene rings is 1. The van der Waals surface area contributed by atoms with E-state index < -0.39 is 0 Å². The SMILES string of the molecule is CSCCCNC(C)c1ccccc1OC(C)C.